The minimum atomic E-state index is -2.90. The molecule has 0 radical (unpaired) electrons. The van der Waals surface area contributed by atoms with Crippen molar-refractivity contribution in [2.24, 2.45) is 10.7 Å². The van der Waals surface area contributed by atoms with Crippen molar-refractivity contribution in [1.82, 2.24) is 10.2 Å². The highest BCUT2D eigenvalue weighted by molar-refractivity contribution is 5.77. The molecule has 2 rings (SSSR count). The van der Waals surface area contributed by atoms with E-state index in [1.807, 2.05) is 0 Å². The fourth-order valence-electron chi connectivity index (χ4n) is 2.59. The van der Waals surface area contributed by atoms with E-state index >= 15 is 0 Å². The number of halogens is 2. The topological polar surface area (TPSA) is 81.3 Å². The summed E-state index contributed by atoms with van der Waals surface area (Å²) in [5, 5.41) is 3.03. The summed E-state index contributed by atoms with van der Waals surface area (Å²) in [6, 6.07) is 4.59. The van der Waals surface area contributed by atoms with Crippen LogP contribution in [0.4, 0.5) is 8.78 Å². The highest BCUT2D eigenvalue weighted by atomic mass is 19.3. The van der Waals surface area contributed by atoms with Crippen molar-refractivity contribution < 1.29 is 23.0 Å². The summed E-state index contributed by atoms with van der Waals surface area (Å²) >= 11 is 0. The molecule has 3 N–H and O–H groups in total. The fraction of sp³-hybridized carbons (Fsp3) is 0.588. The molecule has 1 aliphatic rings. The molecule has 0 aromatic heterocycles. The molecule has 0 amide bonds. The molecule has 1 aliphatic heterocycles. The second-order valence-electron chi connectivity index (χ2n) is 5.79. The molecule has 26 heavy (non-hydrogen) atoms. The van der Waals surface area contributed by atoms with E-state index in [4.69, 9.17) is 15.2 Å². The first-order valence-corrected chi connectivity index (χ1v) is 8.54. The summed E-state index contributed by atoms with van der Waals surface area (Å²) in [5.41, 5.74) is 6.32. The molecule has 1 saturated heterocycles. The lowest BCUT2D eigenvalue weighted by Crippen LogP contribution is -2.39. The number of morpholine rings is 1. The first kappa shape index (κ1) is 20.2. The smallest absolute Gasteiger partial charge is 0.387 e. The number of methoxy groups -OCH3 is 1. The number of aliphatic imine (C=N–C) groups is 1. The quantitative estimate of drug-likeness (QED) is 0.388. The van der Waals surface area contributed by atoms with Gasteiger partial charge in [0.25, 0.3) is 0 Å². The Morgan fingerprint density at radius 1 is 1.38 bits per heavy atom. The van der Waals surface area contributed by atoms with Crippen molar-refractivity contribution in [3.8, 4) is 11.5 Å². The lowest BCUT2D eigenvalue weighted by molar-refractivity contribution is -0.0504. The molecule has 9 heteroatoms. The second kappa shape index (κ2) is 10.8. The van der Waals surface area contributed by atoms with Gasteiger partial charge in [0.15, 0.2) is 5.96 Å². The van der Waals surface area contributed by atoms with Gasteiger partial charge in [-0.05, 0) is 31.2 Å². The van der Waals surface area contributed by atoms with Crippen molar-refractivity contribution in [3.63, 3.8) is 0 Å². The summed E-state index contributed by atoms with van der Waals surface area (Å²) in [7, 11) is 1.50. The zero-order valence-corrected chi connectivity index (χ0v) is 14.9. The molecule has 0 unspecified atom stereocenters. The van der Waals surface area contributed by atoms with Gasteiger partial charge in [0.1, 0.15) is 11.5 Å². The van der Waals surface area contributed by atoms with E-state index in [2.05, 4.69) is 19.9 Å². The summed E-state index contributed by atoms with van der Waals surface area (Å²) < 4.78 is 39.9. The largest absolute Gasteiger partial charge is 0.497 e. The summed E-state index contributed by atoms with van der Waals surface area (Å²) in [4.78, 5) is 6.53. The van der Waals surface area contributed by atoms with Crippen LogP contribution >= 0.6 is 0 Å². The van der Waals surface area contributed by atoms with E-state index < -0.39 is 6.61 Å². The molecule has 7 nitrogen and oxygen atoms in total. The Morgan fingerprint density at radius 2 is 2.15 bits per heavy atom. The zero-order chi connectivity index (χ0) is 18.8. The second-order valence-corrected chi connectivity index (χ2v) is 5.79. The molecule has 1 aromatic rings. The van der Waals surface area contributed by atoms with Gasteiger partial charge in [-0.2, -0.15) is 8.78 Å². The van der Waals surface area contributed by atoms with Crippen LogP contribution in [0.1, 0.15) is 12.0 Å². The SMILES string of the molecule is COc1ccc(OC(F)F)c(CN=C(N)NCCCN2CCOCC2)c1. The zero-order valence-electron chi connectivity index (χ0n) is 14.9. The molecule has 1 aromatic carbocycles. The number of alkyl halides is 2. The van der Waals surface area contributed by atoms with Crippen molar-refractivity contribution in [2.75, 3.05) is 46.5 Å². The van der Waals surface area contributed by atoms with Crippen LogP contribution < -0.4 is 20.5 Å². The number of nitrogens with zero attached hydrogens (tertiary/aromatic N) is 2. The maximum atomic E-state index is 12.5. The van der Waals surface area contributed by atoms with Gasteiger partial charge in [-0.1, -0.05) is 0 Å². The maximum absolute atomic E-state index is 12.5. The molecular formula is C17H26F2N4O3. The van der Waals surface area contributed by atoms with Crippen LogP contribution in [0.2, 0.25) is 0 Å². The first-order valence-electron chi connectivity index (χ1n) is 8.54. The van der Waals surface area contributed by atoms with Gasteiger partial charge < -0.3 is 25.3 Å². The van der Waals surface area contributed by atoms with Gasteiger partial charge in [-0.3, -0.25) is 4.90 Å². The van der Waals surface area contributed by atoms with E-state index in [1.165, 1.54) is 13.2 Å². The van der Waals surface area contributed by atoms with Crippen LogP contribution in [0, 0.1) is 0 Å². The van der Waals surface area contributed by atoms with Crippen LogP contribution in [-0.4, -0.2) is 64.0 Å². The number of rotatable bonds is 9. The van der Waals surface area contributed by atoms with E-state index in [0.29, 0.717) is 17.9 Å². The van der Waals surface area contributed by atoms with Gasteiger partial charge in [0, 0.05) is 25.2 Å². The third-order valence-electron chi connectivity index (χ3n) is 3.96. The Hall–Kier alpha value is -2.13. The van der Waals surface area contributed by atoms with Gasteiger partial charge in [0.2, 0.25) is 0 Å². The lowest BCUT2D eigenvalue weighted by Gasteiger charge is -2.26. The van der Waals surface area contributed by atoms with Crippen LogP contribution in [0.15, 0.2) is 23.2 Å². The molecule has 1 fully saturated rings. The Balaban J connectivity index is 1.81. The van der Waals surface area contributed by atoms with Gasteiger partial charge in [-0.15, -0.1) is 0 Å². The highest BCUT2D eigenvalue weighted by Gasteiger charge is 2.11. The number of benzene rings is 1. The highest BCUT2D eigenvalue weighted by Crippen LogP contribution is 2.26. The lowest BCUT2D eigenvalue weighted by atomic mass is 10.2. The average molecular weight is 372 g/mol. The van der Waals surface area contributed by atoms with E-state index in [0.717, 1.165) is 39.3 Å². The average Bonchev–Trinajstić information content (AvgIpc) is 2.65. The van der Waals surface area contributed by atoms with Crippen LogP contribution in [0.5, 0.6) is 11.5 Å². The molecule has 146 valence electrons. The van der Waals surface area contributed by atoms with Crippen LogP contribution in [0.25, 0.3) is 0 Å². The van der Waals surface area contributed by atoms with Gasteiger partial charge >= 0.3 is 6.61 Å². The third-order valence-corrected chi connectivity index (χ3v) is 3.96. The fourth-order valence-corrected chi connectivity index (χ4v) is 2.59. The summed E-state index contributed by atoms with van der Waals surface area (Å²) in [6.45, 7) is 2.32. The normalized spacial score (nSPS) is 15.9. The van der Waals surface area contributed by atoms with Crippen LogP contribution in [0.3, 0.4) is 0 Å². The number of nitrogens with two attached hydrogens (primary N) is 1. The van der Waals surface area contributed by atoms with Crippen molar-refractivity contribution >= 4 is 5.96 Å². The van der Waals surface area contributed by atoms with Crippen molar-refractivity contribution in [3.05, 3.63) is 23.8 Å². The van der Waals surface area contributed by atoms with E-state index in [1.54, 1.807) is 12.1 Å². The molecule has 1 heterocycles. The number of ether oxygens (including phenoxy) is 3. The van der Waals surface area contributed by atoms with Crippen molar-refractivity contribution in [2.45, 2.75) is 19.6 Å². The Kier molecular flexibility index (Phi) is 8.36. The maximum Gasteiger partial charge on any atom is 0.387 e. The standard InChI is InChI=1S/C17H26F2N4O3/c1-24-14-3-4-15(26-16(18)19)13(11-14)12-22-17(20)21-5-2-6-23-7-9-25-10-8-23/h3-4,11,16H,2,5-10,12H2,1H3,(H3,20,21,22). The first-order chi connectivity index (χ1) is 12.6. The van der Waals surface area contributed by atoms with E-state index in [-0.39, 0.29) is 18.3 Å². The van der Waals surface area contributed by atoms with Gasteiger partial charge in [-0.25, -0.2) is 4.99 Å². The molecule has 0 saturated carbocycles. The Labute approximate surface area is 152 Å². The van der Waals surface area contributed by atoms with Crippen molar-refractivity contribution in [1.29, 1.82) is 0 Å². The monoisotopic (exact) mass is 372 g/mol. The number of guanidine groups is 1. The summed E-state index contributed by atoms with van der Waals surface area (Å²) in [5.74, 6) is 0.858. The molecule has 0 aliphatic carbocycles. The Bertz CT molecular complexity index is 581. The Morgan fingerprint density at radius 3 is 2.85 bits per heavy atom. The molecule has 0 bridgehead atoms. The van der Waals surface area contributed by atoms with Crippen LogP contribution in [-0.2, 0) is 11.3 Å². The third kappa shape index (κ3) is 7.01. The molecule has 0 spiro atoms. The van der Waals surface area contributed by atoms with Gasteiger partial charge in [0.05, 0.1) is 26.9 Å². The summed E-state index contributed by atoms with van der Waals surface area (Å²) in [6.07, 6.45) is 0.926. The molecule has 0 atom stereocenters. The predicted octanol–water partition coefficient (Wildman–Crippen LogP) is 1.42. The predicted molar refractivity (Wildman–Crippen MR) is 94.8 cm³/mol. The van der Waals surface area contributed by atoms with E-state index in [9.17, 15) is 8.78 Å². The number of hydrogen-bond donors (Lipinski definition) is 2. The molecular weight excluding hydrogens is 346 g/mol. The minimum absolute atomic E-state index is 0.0599. The number of hydrogen-bond acceptors (Lipinski definition) is 5. The number of nitrogens with one attached hydrogen (secondary N) is 1. The minimum Gasteiger partial charge on any atom is -0.497 e.